The van der Waals surface area contributed by atoms with Crippen LogP contribution in [0.1, 0.15) is 17.3 Å². The standard InChI is InChI=1S/C19H24N4O3/c1-2-26-19(24)16-14-17(15-6-4-3-5-7-15)21-22-18(16)20-8-9-23-10-12-25-13-11-23/h3-7,14H,2,8-13H2,1H3,(H,20,22). The van der Waals surface area contributed by atoms with E-state index in [9.17, 15) is 4.79 Å². The Hall–Kier alpha value is -2.51. The molecule has 2 aromatic rings. The highest BCUT2D eigenvalue weighted by molar-refractivity contribution is 5.95. The first kappa shape index (κ1) is 18.3. The molecule has 1 saturated heterocycles. The highest BCUT2D eigenvalue weighted by Crippen LogP contribution is 2.21. The first-order valence-electron chi connectivity index (χ1n) is 8.92. The van der Waals surface area contributed by atoms with Crippen LogP contribution in [-0.4, -0.2) is 67.1 Å². The van der Waals surface area contributed by atoms with Gasteiger partial charge in [-0.25, -0.2) is 4.79 Å². The van der Waals surface area contributed by atoms with E-state index in [1.54, 1.807) is 13.0 Å². The number of hydrogen-bond donors (Lipinski definition) is 1. The first-order valence-corrected chi connectivity index (χ1v) is 8.92. The molecule has 0 saturated carbocycles. The van der Waals surface area contributed by atoms with Gasteiger partial charge in [0.15, 0.2) is 5.82 Å². The Kier molecular flexibility index (Phi) is 6.51. The molecule has 1 aliphatic heterocycles. The van der Waals surface area contributed by atoms with Gasteiger partial charge < -0.3 is 14.8 Å². The van der Waals surface area contributed by atoms with Gasteiger partial charge in [0, 0.05) is 31.7 Å². The SMILES string of the molecule is CCOC(=O)c1cc(-c2ccccc2)nnc1NCCN1CCOCC1. The molecule has 0 atom stereocenters. The van der Waals surface area contributed by atoms with Crippen molar-refractivity contribution in [2.75, 3.05) is 51.3 Å². The Labute approximate surface area is 153 Å². The van der Waals surface area contributed by atoms with Crippen LogP contribution < -0.4 is 5.32 Å². The van der Waals surface area contributed by atoms with E-state index in [4.69, 9.17) is 9.47 Å². The third kappa shape index (κ3) is 4.77. The molecule has 0 unspecified atom stereocenters. The number of nitrogens with zero attached hydrogens (tertiary/aromatic N) is 3. The summed E-state index contributed by atoms with van der Waals surface area (Å²) in [6.07, 6.45) is 0. The van der Waals surface area contributed by atoms with Crippen LogP contribution in [0.25, 0.3) is 11.3 Å². The molecule has 0 amide bonds. The number of ether oxygens (including phenoxy) is 2. The second-order valence-corrected chi connectivity index (χ2v) is 5.96. The van der Waals surface area contributed by atoms with Gasteiger partial charge in [0.05, 0.1) is 25.5 Å². The Morgan fingerprint density at radius 3 is 2.73 bits per heavy atom. The monoisotopic (exact) mass is 356 g/mol. The van der Waals surface area contributed by atoms with Crippen LogP contribution in [0, 0.1) is 0 Å². The molecule has 2 heterocycles. The van der Waals surface area contributed by atoms with Crippen molar-refractivity contribution in [2.45, 2.75) is 6.92 Å². The molecular formula is C19H24N4O3. The largest absolute Gasteiger partial charge is 0.462 e. The zero-order valence-electron chi connectivity index (χ0n) is 15.0. The fraction of sp³-hybridized carbons (Fsp3) is 0.421. The lowest BCUT2D eigenvalue weighted by molar-refractivity contribution is 0.0398. The maximum atomic E-state index is 12.4. The summed E-state index contributed by atoms with van der Waals surface area (Å²) in [5.41, 5.74) is 1.96. The zero-order valence-corrected chi connectivity index (χ0v) is 15.0. The average molecular weight is 356 g/mol. The molecule has 138 valence electrons. The minimum Gasteiger partial charge on any atom is -0.462 e. The van der Waals surface area contributed by atoms with Crippen molar-refractivity contribution >= 4 is 11.8 Å². The van der Waals surface area contributed by atoms with Gasteiger partial charge >= 0.3 is 5.97 Å². The van der Waals surface area contributed by atoms with Crippen LogP contribution in [-0.2, 0) is 9.47 Å². The molecular weight excluding hydrogens is 332 g/mol. The van der Waals surface area contributed by atoms with Crippen LogP contribution in [0.15, 0.2) is 36.4 Å². The smallest absolute Gasteiger partial charge is 0.342 e. The van der Waals surface area contributed by atoms with Gasteiger partial charge in [-0.15, -0.1) is 10.2 Å². The molecule has 1 aromatic carbocycles. The van der Waals surface area contributed by atoms with Gasteiger partial charge in [-0.05, 0) is 13.0 Å². The van der Waals surface area contributed by atoms with E-state index in [-0.39, 0.29) is 0 Å². The van der Waals surface area contributed by atoms with Crippen molar-refractivity contribution in [2.24, 2.45) is 0 Å². The Bertz CT molecular complexity index is 718. The third-order valence-corrected chi connectivity index (χ3v) is 4.18. The van der Waals surface area contributed by atoms with Gasteiger partial charge in [0.25, 0.3) is 0 Å². The summed E-state index contributed by atoms with van der Waals surface area (Å²) in [6, 6.07) is 11.4. The van der Waals surface area contributed by atoms with Gasteiger partial charge in [0.2, 0.25) is 0 Å². The summed E-state index contributed by atoms with van der Waals surface area (Å²) in [4.78, 5) is 14.7. The van der Waals surface area contributed by atoms with Gasteiger partial charge in [0.1, 0.15) is 5.56 Å². The molecule has 0 spiro atoms. The highest BCUT2D eigenvalue weighted by atomic mass is 16.5. The maximum absolute atomic E-state index is 12.4. The van der Waals surface area contributed by atoms with E-state index in [0.717, 1.165) is 38.4 Å². The van der Waals surface area contributed by atoms with Crippen molar-refractivity contribution in [3.63, 3.8) is 0 Å². The topological polar surface area (TPSA) is 76.6 Å². The molecule has 0 aliphatic carbocycles. The van der Waals surface area contributed by atoms with E-state index in [1.807, 2.05) is 30.3 Å². The summed E-state index contributed by atoms with van der Waals surface area (Å²) < 4.78 is 10.5. The number of morpholine rings is 1. The van der Waals surface area contributed by atoms with Crippen LogP contribution >= 0.6 is 0 Å². The minimum absolute atomic E-state index is 0.315. The van der Waals surface area contributed by atoms with E-state index in [0.29, 0.717) is 30.2 Å². The fourth-order valence-electron chi connectivity index (χ4n) is 2.79. The molecule has 1 fully saturated rings. The second kappa shape index (κ2) is 9.26. The first-order chi connectivity index (χ1) is 12.8. The predicted octanol–water partition coefficient (Wildman–Crippen LogP) is 2.06. The second-order valence-electron chi connectivity index (χ2n) is 5.96. The van der Waals surface area contributed by atoms with E-state index in [2.05, 4.69) is 20.4 Å². The summed E-state index contributed by atoms with van der Waals surface area (Å²) in [6.45, 7) is 7.00. The van der Waals surface area contributed by atoms with Crippen LogP contribution in [0.3, 0.4) is 0 Å². The number of carbonyl (C=O) groups excluding carboxylic acids is 1. The quantitative estimate of drug-likeness (QED) is 0.761. The number of rotatable bonds is 7. The van der Waals surface area contributed by atoms with E-state index in [1.165, 1.54) is 0 Å². The normalized spacial score (nSPS) is 14.8. The number of aromatic nitrogens is 2. The summed E-state index contributed by atoms with van der Waals surface area (Å²) in [5, 5.41) is 11.7. The number of esters is 1. The average Bonchev–Trinajstić information content (AvgIpc) is 2.70. The van der Waals surface area contributed by atoms with Crippen LogP contribution in [0.4, 0.5) is 5.82 Å². The number of benzene rings is 1. The molecule has 3 rings (SSSR count). The third-order valence-electron chi connectivity index (χ3n) is 4.18. The number of carbonyl (C=O) groups is 1. The molecule has 26 heavy (non-hydrogen) atoms. The lowest BCUT2D eigenvalue weighted by atomic mass is 10.1. The summed E-state index contributed by atoms with van der Waals surface area (Å²) in [5.74, 6) is 0.0600. The van der Waals surface area contributed by atoms with Gasteiger partial charge in [-0.2, -0.15) is 0 Å². The Balaban J connectivity index is 1.73. The van der Waals surface area contributed by atoms with E-state index >= 15 is 0 Å². The lowest BCUT2D eigenvalue weighted by Gasteiger charge is -2.26. The molecule has 7 nitrogen and oxygen atoms in total. The highest BCUT2D eigenvalue weighted by Gasteiger charge is 2.17. The number of nitrogens with one attached hydrogen (secondary N) is 1. The zero-order chi connectivity index (χ0) is 18.2. The molecule has 1 N–H and O–H groups in total. The van der Waals surface area contributed by atoms with Crippen molar-refractivity contribution in [3.05, 3.63) is 42.0 Å². The lowest BCUT2D eigenvalue weighted by Crippen LogP contribution is -2.39. The molecule has 1 aliphatic rings. The molecule has 0 radical (unpaired) electrons. The maximum Gasteiger partial charge on any atom is 0.342 e. The molecule has 1 aromatic heterocycles. The van der Waals surface area contributed by atoms with Crippen LogP contribution in [0.2, 0.25) is 0 Å². The molecule has 7 heteroatoms. The van der Waals surface area contributed by atoms with Crippen molar-refractivity contribution in [3.8, 4) is 11.3 Å². The Morgan fingerprint density at radius 2 is 2.00 bits per heavy atom. The minimum atomic E-state index is -0.395. The van der Waals surface area contributed by atoms with Gasteiger partial charge in [-0.3, -0.25) is 4.90 Å². The van der Waals surface area contributed by atoms with Gasteiger partial charge in [-0.1, -0.05) is 30.3 Å². The Morgan fingerprint density at radius 1 is 1.23 bits per heavy atom. The van der Waals surface area contributed by atoms with Crippen LogP contribution in [0.5, 0.6) is 0 Å². The number of anilines is 1. The van der Waals surface area contributed by atoms with E-state index < -0.39 is 5.97 Å². The fourth-order valence-corrected chi connectivity index (χ4v) is 2.79. The van der Waals surface area contributed by atoms with Crippen molar-refractivity contribution in [1.29, 1.82) is 0 Å². The summed E-state index contributed by atoms with van der Waals surface area (Å²) >= 11 is 0. The molecule has 0 bridgehead atoms. The van der Waals surface area contributed by atoms with Crippen molar-refractivity contribution in [1.82, 2.24) is 15.1 Å². The van der Waals surface area contributed by atoms with Crippen molar-refractivity contribution < 1.29 is 14.3 Å². The summed E-state index contributed by atoms with van der Waals surface area (Å²) in [7, 11) is 0. The number of hydrogen-bond acceptors (Lipinski definition) is 7. The predicted molar refractivity (Wildman–Crippen MR) is 99.2 cm³/mol.